The first-order valence-corrected chi connectivity index (χ1v) is 3.20. The van der Waals surface area contributed by atoms with Gasteiger partial charge in [0, 0.05) is 10.7 Å². The SMILES string of the molecule is C#Cc1cc(Br)ccn1. The van der Waals surface area contributed by atoms with E-state index in [-0.39, 0.29) is 0 Å². The van der Waals surface area contributed by atoms with Crippen LogP contribution in [0, 0.1) is 12.3 Å². The summed E-state index contributed by atoms with van der Waals surface area (Å²) in [6, 6.07) is 3.63. The Morgan fingerprint density at radius 2 is 2.44 bits per heavy atom. The summed E-state index contributed by atoms with van der Waals surface area (Å²) >= 11 is 3.27. The molecule has 1 nitrogen and oxygen atoms in total. The lowest BCUT2D eigenvalue weighted by Gasteiger charge is -1.87. The summed E-state index contributed by atoms with van der Waals surface area (Å²) in [6.07, 6.45) is 6.75. The third kappa shape index (κ3) is 1.55. The molecule has 0 N–H and O–H groups in total. The first-order chi connectivity index (χ1) is 4.33. The van der Waals surface area contributed by atoms with E-state index in [9.17, 15) is 0 Å². The molecule has 0 amide bonds. The zero-order chi connectivity index (χ0) is 6.69. The largest absolute Gasteiger partial charge is 0.248 e. The number of aromatic nitrogens is 1. The van der Waals surface area contributed by atoms with Gasteiger partial charge in [0.2, 0.25) is 0 Å². The highest BCUT2D eigenvalue weighted by atomic mass is 79.9. The summed E-state index contributed by atoms with van der Waals surface area (Å²) in [5, 5.41) is 0. The minimum Gasteiger partial charge on any atom is -0.248 e. The van der Waals surface area contributed by atoms with Gasteiger partial charge in [-0.3, -0.25) is 0 Å². The molecule has 1 rings (SSSR count). The van der Waals surface area contributed by atoms with Crippen molar-refractivity contribution in [3.63, 3.8) is 0 Å². The third-order valence-electron chi connectivity index (χ3n) is 0.870. The zero-order valence-electron chi connectivity index (χ0n) is 4.63. The Morgan fingerprint density at radius 3 is 2.89 bits per heavy atom. The lowest BCUT2D eigenvalue weighted by Crippen LogP contribution is -1.78. The molecule has 2 heteroatoms. The molecule has 0 spiro atoms. The molecule has 0 atom stereocenters. The van der Waals surface area contributed by atoms with Crippen LogP contribution in [0.2, 0.25) is 0 Å². The van der Waals surface area contributed by atoms with Crippen LogP contribution in [0.15, 0.2) is 22.8 Å². The quantitative estimate of drug-likeness (QED) is 0.557. The Labute approximate surface area is 62.2 Å². The zero-order valence-corrected chi connectivity index (χ0v) is 6.22. The van der Waals surface area contributed by atoms with Crippen molar-refractivity contribution < 1.29 is 0 Å². The van der Waals surface area contributed by atoms with Gasteiger partial charge >= 0.3 is 0 Å². The van der Waals surface area contributed by atoms with Gasteiger partial charge in [0.15, 0.2) is 0 Å². The van der Waals surface area contributed by atoms with Gasteiger partial charge < -0.3 is 0 Å². The summed E-state index contributed by atoms with van der Waals surface area (Å²) in [4.78, 5) is 3.89. The summed E-state index contributed by atoms with van der Waals surface area (Å²) in [5.41, 5.74) is 0.657. The third-order valence-corrected chi connectivity index (χ3v) is 1.36. The number of terminal acetylenes is 1. The molecular formula is C7H4BrN. The van der Waals surface area contributed by atoms with Crippen molar-refractivity contribution in [3.8, 4) is 12.3 Å². The Hall–Kier alpha value is -0.810. The molecule has 0 radical (unpaired) electrons. The van der Waals surface area contributed by atoms with E-state index in [0.717, 1.165) is 4.47 Å². The normalized spacial score (nSPS) is 8.44. The van der Waals surface area contributed by atoms with Crippen molar-refractivity contribution in [3.05, 3.63) is 28.5 Å². The van der Waals surface area contributed by atoms with Crippen molar-refractivity contribution in [1.29, 1.82) is 0 Å². The molecular weight excluding hydrogens is 178 g/mol. The molecule has 0 saturated carbocycles. The van der Waals surface area contributed by atoms with Crippen molar-refractivity contribution in [2.45, 2.75) is 0 Å². The monoisotopic (exact) mass is 181 g/mol. The molecule has 0 aliphatic rings. The smallest absolute Gasteiger partial charge is 0.113 e. The maximum absolute atomic E-state index is 5.09. The minimum atomic E-state index is 0.657. The fraction of sp³-hybridized carbons (Fsp3) is 0. The topological polar surface area (TPSA) is 12.9 Å². The van der Waals surface area contributed by atoms with Crippen LogP contribution in [0.4, 0.5) is 0 Å². The van der Waals surface area contributed by atoms with Crippen LogP contribution in [0.25, 0.3) is 0 Å². The predicted octanol–water partition coefficient (Wildman–Crippen LogP) is 1.83. The average molecular weight is 182 g/mol. The van der Waals surface area contributed by atoms with E-state index >= 15 is 0 Å². The Bertz CT molecular complexity index is 249. The number of pyridine rings is 1. The standard InChI is InChI=1S/C7H4BrN/c1-2-7-5-6(8)3-4-9-7/h1,3-5H. The number of rotatable bonds is 0. The molecule has 1 heterocycles. The second kappa shape index (κ2) is 2.65. The molecule has 0 bridgehead atoms. The van der Waals surface area contributed by atoms with E-state index in [1.807, 2.05) is 6.07 Å². The molecule has 0 aliphatic carbocycles. The lowest BCUT2D eigenvalue weighted by atomic mass is 10.4. The van der Waals surface area contributed by atoms with E-state index in [1.54, 1.807) is 12.3 Å². The van der Waals surface area contributed by atoms with Crippen LogP contribution in [-0.4, -0.2) is 4.98 Å². The summed E-state index contributed by atoms with van der Waals surface area (Å²) in [7, 11) is 0. The van der Waals surface area contributed by atoms with Gasteiger partial charge in [0.05, 0.1) is 0 Å². The Kier molecular flexibility index (Phi) is 1.86. The Morgan fingerprint density at radius 1 is 1.67 bits per heavy atom. The van der Waals surface area contributed by atoms with E-state index < -0.39 is 0 Å². The molecule has 44 valence electrons. The minimum absolute atomic E-state index is 0.657. The fourth-order valence-corrected chi connectivity index (χ4v) is 0.819. The van der Waals surface area contributed by atoms with E-state index in [2.05, 4.69) is 26.8 Å². The summed E-state index contributed by atoms with van der Waals surface area (Å²) in [6.45, 7) is 0. The van der Waals surface area contributed by atoms with Gasteiger partial charge in [-0.25, -0.2) is 4.98 Å². The highest BCUT2D eigenvalue weighted by Gasteiger charge is 1.86. The number of nitrogens with zero attached hydrogens (tertiary/aromatic N) is 1. The van der Waals surface area contributed by atoms with Crippen LogP contribution < -0.4 is 0 Å². The average Bonchev–Trinajstić information content (AvgIpc) is 1.88. The van der Waals surface area contributed by atoms with Gasteiger partial charge in [-0.1, -0.05) is 21.9 Å². The molecule has 0 aliphatic heterocycles. The molecule has 0 saturated heterocycles. The van der Waals surface area contributed by atoms with Crippen LogP contribution in [0.5, 0.6) is 0 Å². The van der Waals surface area contributed by atoms with Crippen molar-refractivity contribution in [1.82, 2.24) is 4.98 Å². The Balaban J connectivity index is 3.12. The molecule has 1 aromatic heterocycles. The molecule has 0 aromatic carbocycles. The second-order valence-electron chi connectivity index (χ2n) is 1.50. The van der Waals surface area contributed by atoms with E-state index in [1.165, 1.54) is 0 Å². The first kappa shape index (κ1) is 6.31. The van der Waals surface area contributed by atoms with Crippen LogP contribution in [0.3, 0.4) is 0 Å². The first-order valence-electron chi connectivity index (χ1n) is 2.41. The van der Waals surface area contributed by atoms with Crippen LogP contribution in [-0.2, 0) is 0 Å². The fourth-order valence-electron chi connectivity index (χ4n) is 0.484. The number of hydrogen-bond donors (Lipinski definition) is 0. The van der Waals surface area contributed by atoms with Crippen LogP contribution >= 0.6 is 15.9 Å². The summed E-state index contributed by atoms with van der Waals surface area (Å²) < 4.78 is 0.963. The van der Waals surface area contributed by atoms with Gasteiger partial charge in [-0.2, -0.15) is 0 Å². The maximum Gasteiger partial charge on any atom is 0.113 e. The van der Waals surface area contributed by atoms with Gasteiger partial charge in [-0.15, -0.1) is 6.42 Å². The molecule has 1 aromatic rings. The summed E-state index contributed by atoms with van der Waals surface area (Å²) in [5.74, 6) is 2.43. The van der Waals surface area contributed by atoms with E-state index in [4.69, 9.17) is 6.42 Å². The van der Waals surface area contributed by atoms with E-state index in [0.29, 0.717) is 5.69 Å². The maximum atomic E-state index is 5.09. The van der Waals surface area contributed by atoms with Crippen LogP contribution in [0.1, 0.15) is 5.69 Å². The molecule has 0 fully saturated rings. The number of halogens is 1. The highest BCUT2D eigenvalue weighted by molar-refractivity contribution is 9.10. The predicted molar refractivity (Wildman–Crippen MR) is 39.9 cm³/mol. The molecule has 9 heavy (non-hydrogen) atoms. The van der Waals surface area contributed by atoms with Crippen molar-refractivity contribution >= 4 is 15.9 Å². The highest BCUT2D eigenvalue weighted by Crippen LogP contribution is 2.07. The van der Waals surface area contributed by atoms with Gasteiger partial charge in [-0.05, 0) is 12.1 Å². The van der Waals surface area contributed by atoms with Crippen molar-refractivity contribution in [2.24, 2.45) is 0 Å². The lowest BCUT2D eigenvalue weighted by molar-refractivity contribution is 1.28. The van der Waals surface area contributed by atoms with Crippen molar-refractivity contribution in [2.75, 3.05) is 0 Å². The van der Waals surface area contributed by atoms with Gasteiger partial charge in [0.1, 0.15) is 5.69 Å². The van der Waals surface area contributed by atoms with Gasteiger partial charge in [0.25, 0.3) is 0 Å². The molecule has 0 unspecified atom stereocenters. The number of hydrogen-bond acceptors (Lipinski definition) is 1. The second-order valence-corrected chi connectivity index (χ2v) is 2.42.